The van der Waals surface area contributed by atoms with Crippen LogP contribution in [-0.2, 0) is 0 Å². The standard InChI is InChI=1S/C17H14N6O3/c18-17(24)20-19-10-13-11-22(14-4-2-1-3-5-14)21-16(13)12-6-8-15(9-7-12)23(25)26/h1-11H,(H3,18,20,24). The van der Waals surface area contributed by atoms with Crippen LogP contribution in [-0.4, -0.2) is 26.9 Å². The molecular formula is C17H14N6O3. The number of primary amides is 1. The number of hydrazone groups is 1. The maximum atomic E-state index is 10.8. The molecule has 1 heterocycles. The lowest BCUT2D eigenvalue weighted by atomic mass is 10.1. The Morgan fingerprint density at radius 1 is 1.19 bits per heavy atom. The highest BCUT2D eigenvalue weighted by atomic mass is 16.6. The summed E-state index contributed by atoms with van der Waals surface area (Å²) in [5, 5.41) is 19.1. The van der Waals surface area contributed by atoms with Crippen molar-refractivity contribution >= 4 is 17.9 Å². The third kappa shape index (κ3) is 3.73. The van der Waals surface area contributed by atoms with Crippen molar-refractivity contribution in [2.45, 2.75) is 0 Å². The van der Waals surface area contributed by atoms with Crippen molar-refractivity contribution in [3.05, 3.63) is 76.5 Å². The Balaban J connectivity index is 2.03. The number of nitrogens with one attached hydrogen (secondary N) is 1. The lowest BCUT2D eigenvalue weighted by Crippen LogP contribution is -2.24. The van der Waals surface area contributed by atoms with Crippen LogP contribution < -0.4 is 11.2 Å². The van der Waals surface area contributed by atoms with Crippen LogP contribution in [0.15, 0.2) is 65.9 Å². The number of non-ortho nitro benzene ring substituents is 1. The van der Waals surface area contributed by atoms with Gasteiger partial charge in [-0.05, 0) is 24.3 Å². The summed E-state index contributed by atoms with van der Waals surface area (Å²) in [5.41, 5.74) is 9.78. The van der Waals surface area contributed by atoms with Crippen LogP contribution in [0.25, 0.3) is 16.9 Å². The molecule has 0 radical (unpaired) electrons. The molecule has 0 saturated heterocycles. The average molecular weight is 350 g/mol. The molecule has 9 heteroatoms. The molecule has 9 nitrogen and oxygen atoms in total. The molecule has 2 aromatic carbocycles. The molecule has 0 atom stereocenters. The van der Waals surface area contributed by atoms with Crippen molar-refractivity contribution in [2.75, 3.05) is 0 Å². The van der Waals surface area contributed by atoms with Gasteiger partial charge in [0.15, 0.2) is 0 Å². The summed E-state index contributed by atoms with van der Waals surface area (Å²) in [6.45, 7) is 0. The number of urea groups is 1. The van der Waals surface area contributed by atoms with Gasteiger partial charge >= 0.3 is 6.03 Å². The second kappa shape index (κ2) is 7.26. The Hall–Kier alpha value is -4.01. The summed E-state index contributed by atoms with van der Waals surface area (Å²) in [6.07, 6.45) is 3.15. The van der Waals surface area contributed by atoms with E-state index in [1.165, 1.54) is 18.3 Å². The van der Waals surface area contributed by atoms with E-state index in [0.29, 0.717) is 16.8 Å². The summed E-state index contributed by atoms with van der Waals surface area (Å²) in [7, 11) is 0. The predicted octanol–water partition coefficient (Wildman–Crippen LogP) is 2.45. The number of carbonyl (C=O) groups excluding carboxylic acids is 1. The number of hydrogen-bond acceptors (Lipinski definition) is 5. The molecule has 0 spiro atoms. The molecule has 26 heavy (non-hydrogen) atoms. The highest BCUT2D eigenvalue weighted by Gasteiger charge is 2.13. The summed E-state index contributed by atoms with van der Waals surface area (Å²) >= 11 is 0. The molecule has 3 rings (SSSR count). The first-order chi connectivity index (χ1) is 12.5. The number of aromatic nitrogens is 2. The number of para-hydroxylation sites is 1. The number of rotatable bonds is 5. The monoisotopic (exact) mass is 350 g/mol. The highest BCUT2D eigenvalue weighted by Crippen LogP contribution is 2.25. The first kappa shape index (κ1) is 16.8. The van der Waals surface area contributed by atoms with E-state index in [2.05, 4.69) is 15.6 Å². The third-order valence-corrected chi connectivity index (χ3v) is 3.49. The number of nitrogens with zero attached hydrogens (tertiary/aromatic N) is 4. The zero-order valence-corrected chi connectivity index (χ0v) is 13.4. The Morgan fingerprint density at radius 3 is 2.50 bits per heavy atom. The van der Waals surface area contributed by atoms with E-state index < -0.39 is 11.0 Å². The Kier molecular flexibility index (Phi) is 4.70. The minimum atomic E-state index is -0.784. The third-order valence-electron chi connectivity index (χ3n) is 3.49. The molecule has 1 aromatic heterocycles. The first-order valence-electron chi connectivity index (χ1n) is 7.53. The molecule has 130 valence electrons. The van der Waals surface area contributed by atoms with Crippen LogP contribution in [0.2, 0.25) is 0 Å². The van der Waals surface area contributed by atoms with E-state index in [1.807, 2.05) is 30.3 Å². The van der Waals surface area contributed by atoms with Gasteiger partial charge in [-0.2, -0.15) is 10.2 Å². The average Bonchev–Trinajstić information content (AvgIpc) is 3.06. The molecular weight excluding hydrogens is 336 g/mol. The van der Waals surface area contributed by atoms with Gasteiger partial charge < -0.3 is 5.73 Å². The number of benzene rings is 2. The fourth-order valence-corrected chi connectivity index (χ4v) is 2.33. The van der Waals surface area contributed by atoms with Gasteiger partial charge in [0.25, 0.3) is 5.69 Å². The van der Waals surface area contributed by atoms with Crippen molar-refractivity contribution in [1.82, 2.24) is 15.2 Å². The van der Waals surface area contributed by atoms with Crippen LogP contribution >= 0.6 is 0 Å². The van der Waals surface area contributed by atoms with Crippen molar-refractivity contribution in [1.29, 1.82) is 0 Å². The molecule has 3 aromatic rings. The lowest BCUT2D eigenvalue weighted by molar-refractivity contribution is -0.384. The normalized spacial score (nSPS) is 10.8. The molecule has 0 unspecified atom stereocenters. The van der Waals surface area contributed by atoms with Gasteiger partial charge in [-0.15, -0.1) is 0 Å². The number of nitro benzene ring substituents is 1. The van der Waals surface area contributed by atoms with Crippen LogP contribution in [0.4, 0.5) is 10.5 Å². The second-order valence-corrected chi connectivity index (χ2v) is 5.25. The predicted molar refractivity (Wildman–Crippen MR) is 96.0 cm³/mol. The van der Waals surface area contributed by atoms with E-state index in [0.717, 1.165) is 5.69 Å². The molecule has 2 amide bonds. The largest absolute Gasteiger partial charge is 0.350 e. The number of nitrogens with two attached hydrogens (primary N) is 1. The van der Waals surface area contributed by atoms with Gasteiger partial charge in [0, 0.05) is 29.5 Å². The summed E-state index contributed by atoms with van der Waals surface area (Å²) in [4.78, 5) is 21.1. The van der Waals surface area contributed by atoms with Crippen LogP contribution in [0.1, 0.15) is 5.56 Å². The van der Waals surface area contributed by atoms with Crippen molar-refractivity contribution in [2.24, 2.45) is 10.8 Å². The summed E-state index contributed by atoms with van der Waals surface area (Å²) in [6, 6.07) is 14.7. The first-order valence-corrected chi connectivity index (χ1v) is 7.53. The summed E-state index contributed by atoms with van der Waals surface area (Å²) in [5.74, 6) is 0. The summed E-state index contributed by atoms with van der Waals surface area (Å²) < 4.78 is 1.66. The second-order valence-electron chi connectivity index (χ2n) is 5.25. The minimum Gasteiger partial charge on any atom is -0.350 e. The molecule has 0 fully saturated rings. The van der Waals surface area contributed by atoms with E-state index in [9.17, 15) is 14.9 Å². The van der Waals surface area contributed by atoms with Crippen molar-refractivity contribution in [3.8, 4) is 16.9 Å². The SMILES string of the molecule is NC(=O)NN=Cc1cn(-c2ccccc2)nc1-c1ccc([N+](=O)[O-])cc1. The molecule has 3 N–H and O–H groups in total. The topological polar surface area (TPSA) is 128 Å². The number of nitro groups is 1. The van der Waals surface area contributed by atoms with Gasteiger partial charge in [0.05, 0.1) is 16.8 Å². The number of carbonyl (C=O) groups is 1. The van der Waals surface area contributed by atoms with Crippen LogP contribution in [0, 0.1) is 10.1 Å². The van der Waals surface area contributed by atoms with Crippen LogP contribution in [0.5, 0.6) is 0 Å². The lowest BCUT2D eigenvalue weighted by Gasteiger charge is -2.00. The molecule has 0 aliphatic heterocycles. The Bertz CT molecular complexity index is 964. The van der Waals surface area contributed by atoms with E-state index in [1.54, 1.807) is 23.0 Å². The zero-order valence-electron chi connectivity index (χ0n) is 13.4. The van der Waals surface area contributed by atoms with Gasteiger partial charge in [-0.1, -0.05) is 18.2 Å². The molecule has 0 aliphatic carbocycles. The van der Waals surface area contributed by atoms with Crippen LogP contribution in [0.3, 0.4) is 0 Å². The quantitative estimate of drug-likeness (QED) is 0.416. The van der Waals surface area contributed by atoms with Gasteiger partial charge in [0.2, 0.25) is 0 Å². The van der Waals surface area contributed by atoms with Gasteiger partial charge in [0.1, 0.15) is 5.69 Å². The fraction of sp³-hybridized carbons (Fsp3) is 0. The molecule has 0 aliphatic rings. The Labute approximate surface area is 147 Å². The minimum absolute atomic E-state index is 0.0122. The maximum absolute atomic E-state index is 10.8. The smallest absolute Gasteiger partial charge is 0.332 e. The number of hydrogen-bond donors (Lipinski definition) is 2. The fourth-order valence-electron chi connectivity index (χ4n) is 2.33. The maximum Gasteiger partial charge on any atom is 0.332 e. The molecule has 0 saturated carbocycles. The van der Waals surface area contributed by atoms with Gasteiger partial charge in [-0.25, -0.2) is 14.9 Å². The number of amides is 2. The van der Waals surface area contributed by atoms with E-state index >= 15 is 0 Å². The highest BCUT2D eigenvalue weighted by molar-refractivity contribution is 5.89. The van der Waals surface area contributed by atoms with Gasteiger partial charge in [-0.3, -0.25) is 10.1 Å². The zero-order chi connectivity index (χ0) is 18.5. The van der Waals surface area contributed by atoms with E-state index in [4.69, 9.17) is 5.73 Å². The molecule has 0 bridgehead atoms. The Morgan fingerprint density at radius 2 is 1.88 bits per heavy atom. The van der Waals surface area contributed by atoms with Crippen molar-refractivity contribution < 1.29 is 9.72 Å². The van der Waals surface area contributed by atoms with E-state index in [-0.39, 0.29) is 5.69 Å². The van der Waals surface area contributed by atoms with Crippen molar-refractivity contribution in [3.63, 3.8) is 0 Å².